The maximum Gasteiger partial charge on any atom is 0.338 e. The van der Waals surface area contributed by atoms with Gasteiger partial charge in [-0.1, -0.05) is 11.6 Å². The number of carbonyl (C=O) groups is 1. The summed E-state index contributed by atoms with van der Waals surface area (Å²) in [5.74, 6) is -2.92. The van der Waals surface area contributed by atoms with E-state index in [4.69, 9.17) is 16.7 Å². The number of rotatable bonds is 4. The molecule has 0 fully saturated rings. The molecule has 5 nitrogen and oxygen atoms in total. The number of hydrogen-bond donors (Lipinski definition) is 2. The van der Waals surface area contributed by atoms with Gasteiger partial charge in [0.05, 0.1) is 5.56 Å². The minimum Gasteiger partial charge on any atom is -0.478 e. The minimum absolute atomic E-state index is 0.169. The fraction of sp³-hybridized carbons (Fsp3) is 0.300. The van der Waals surface area contributed by atoms with E-state index in [2.05, 4.69) is 4.72 Å². The van der Waals surface area contributed by atoms with Crippen LogP contribution >= 0.6 is 11.6 Å². The molecule has 0 saturated heterocycles. The first kappa shape index (κ1) is 14.9. The van der Waals surface area contributed by atoms with Gasteiger partial charge in [0.2, 0.25) is 10.0 Å². The third kappa shape index (κ3) is 3.18. The molecule has 1 aromatic carbocycles. The zero-order valence-electron chi connectivity index (χ0n) is 9.57. The summed E-state index contributed by atoms with van der Waals surface area (Å²) >= 11 is 5.59. The van der Waals surface area contributed by atoms with Gasteiger partial charge in [0.1, 0.15) is 4.90 Å². The molecule has 0 unspecified atom stereocenters. The van der Waals surface area contributed by atoms with Gasteiger partial charge in [0, 0.05) is 11.1 Å². The Hall–Kier alpha value is -1.18. The van der Waals surface area contributed by atoms with Crippen molar-refractivity contribution in [2.45, 2.75) is 24.8 Å². The molecule has 0 atom stereocenters. The van der Waals surface area contributed by atoms with Crippen molar-refractivity contribution in [3.05, 3.63) is 28.5 Å². The standard InChI is InChI=1S/C10H11ClFNO4S/c1-5(2)13-18(16,17)8-4-6(11)3-7(9(8)12)10(14)15/h3-5,13H,1-2H3,(H,14,15). The number of aromatic carboxylic acids is 1. The molecule has 0 aliphatic rings. The van der Waals surface area contributed by atoms with Gasteiger partial charge < -0.3 is 5.11 Å². The van der Waals surface area contributed by atoms with Crippen LogP contribution in [0.5, 0.6) is 0 Å². The third-order valence-electron chi connectivity index (χ3n) is 1.91. The van der Waals surface area contributed by atoms with Gasteiger partial charge in [-0.05, 0) is 26.0 Å². The monoisotopic (exact) mass is 295 g/mol. The zero-order valence-corrected chi connectivity index (χ0v) is 11.1. The normalized spacial score (nSPS) is 11.8. The molecule has 2 N–H and O–H groups in total. The van der Waals surface area contributed by atoms with Crippen LogP contribution in [0.1, 0.15) is 24.2 Å². The van der Waals surface area contributed by atoms with Crippen LogP contribution in [0.4, 0.5) is 4.39 Å². The van der Waals surface area contributed by atoms with E-state index in [9.17, 15) is 17.6 Å². The molecule has 0 saturated carbocycles. The number of hydrogen-bond acceptors (Lipinski definition) is 3. The number of sulfonamides is 1. The number of nitrogens with one attached hydrogen (secondary N) is 1. The Morgan fingerprint density at radius 3 is 2.44 bits per heavy atom. The van der Waals surface area contributed by atoms with E-state index in [1.807, 2.05) is 0 Å². The molecule has 0 aliphatic carbocycles. The Morgan fingerprint density at radius 1 is 1.44 bits per heavy atom. The average molecular weight is 296 g/mol. The van der Waals surface area contributed by atoms with E-state index in [1.54, 1.807) is 13.8 Å². The molecule has 0 radical (unpaired) electrons. The van der Waals surface area contributed by atoms with Crippen LogP contribution in [0.25, 0.3) is 0 Å². The lowest BCUT2D eigenvalue weighted by molar-refractivity contribution is 0.0691. The molecule has 0 bridgehead atoms. The zero-order chi connectivity index (χ0) is 14.1. The molecule has 0 aliphatic heterocycles. The lowest BCUT2D eigenvalue weighted by atomic mass is 10.2. The van der Waals surface area contributed by atoms with E-state index in [0.29, 0.717) is 0 Å². The highest BCUT2D eigenvalue weighted by Crippen LogP contribution is 2.24. The van der Waals surface area contributed by atoms with Crippen molar-refractivity contribution in [1.82, 2.24) is 4.72 Å². The van der Waals surface area contributed by atoms with Crippen molar-refractivity contribution in [2.24, 2.45) is 0 Å². The summed E-state index contributed by atoms with van der Waals surface area (Å²) in [7, 11) is -4.14. The van der Waals surface area contributed by atoms with Gasteiger partial charge >= 0.3 is 5.97 Å². The van der Waals surface area contributed by atoms with Crippen molar-refractivity contribution >= 4 is 27.6 Å². The Morgan fingerprint density at radius 2 is 2.00 bits per heavy atom. The van der Waals surface area contributed by atoms with Gasteiger partial charge in [0.25, 0.3) is 0 Å². The second-order valence-corrected chi connectivity index (χ2v) is 5.97. The lowest BCUT2D eigenvalue weighted by Gasteiger charge is -2.11. The first-order valence-electron chi connectivity index (χ1n) is 4.90. The second kappa shape index (κ2) is 5.21. The van der Waals surface area contributed by atoms with E-state index in [1.165, 1.54) is 0 Å². The van der Waals surface area contributed by atoms with Crippen LogP contribution in [0.3, 0.4) is 0 Å². The van der Waals surface area contributed by atoms with Crippen molar-refractivity contribution in [2.75, 3.05) is 0 Å². The minimum atomic E-state index is -4.14. The highest BCUT2D eigenvalue weighted by Gasteiger charge is 2.25. The van der Waals surface area contributed by atoms with E-state index in [0.717, 1.165) is 12.1 Å². The molecule has 8 heteroatoms. The molecule has 0 aromatic heterocycles. The third-order valence-corrected chi connectivity index (χ3v) is 3.79. The highest BCUT2D eigenvalue weighted by molar-refractivity contribution is 7.89. The quantitative estimate of drug-likeness (QED) is 0.888. The SMILES string of the molecule is CC(C)NS(=O)(=O)c1cc(Cl)cc(C(=O)O)c1F. The highest BCUT2D eigenvalue weighted by atomic mass is 35.5. The van der Waals surface area contributed by atoms with E-state index < -0.39 is 38.3 Å². The Balaban J connectivity index is 3.47. The Labute approximate surface area is 109 Å². The predicted octanol–water partition coefficient (Wildman–Crippen LogP) is 1.86. The fourth-order valence-corrected chi connectivity index (χ4v) is 2.95. The predicted molar refractivity (Wildman–Crippen MR) is 63.8 cm³/mol. The van der Waals surface area contributed by atoms with Crippen LogP contribution in [0, 0.1) is 5.82 Å². The molecule has 0 spiro atoms. The van der Waals surface area contributed by atoms with Gasteiger partial charge in [-0.15, -0.1) is 0 Å². The molecular weight excluding hydrogens is 285 g/mol. The number of carboxylic acid groups (broad SMARTS) is 1. The Kier molecular flexibility index (Phi) is 4.31. The average Bonchev–Trinajstić information content (AvgIpc) is 2.18. The number of carboxylic acids is 1. The van der Waals surface area contributed by atoms with Crippen LogP contribution in [0.2, 0.25) is 5.02 Å². The van der Waals surface area contributed by atoms with Crippen LogP contribution in [-0.4, -0.2) is 25.5 Å². The smallest absolute Gasteiger partial charge is 0.338 e. The van der Waals surface area contributed by atoms with E-state index >= 15 is 0 Å². The van der Waals surface area contributed by atoms with Gasteiger partial charge in [-0.3, -0.25) is 0 Å². The van der Waals surface area contributed by atoms with Crippen LogP contribution in [-0.2, 0) is 10.0 Å². The first-order chi connectivity index (χ1) is 8.15. The molecule has 1 rings (SSSR count). The summed E-state index contributed by atoms with van der Waals surface area (Å²) in [4.78, 5) is 9.98. The fourth-order valence-electron chi connectivity index (χ4n) is 1.29. The number of benzene rings is 1. The molecule has 100 valence electrons. The summed E-state index contributed by atoms with van der Waals surface area (Å²) < 4.78 is 39.5. The molecule has 18 heavy (non-hydrogen) atoms. The van der Waals surface area contributed by atoms with E-state index in [-0.39, 0.29) is 5.02 Å². The van der Waals surface area contributed by atoms with Crippen molar-refractivity contribution < 1.29 is 22.7 Å². The Bertz CT molecular complexity index is 586. The summed E-state index contributed by atoms with van der Waals surface area (Å²) in [5.41, 5.74) is -0.786. The molecule has 1 aromatic rings. The number of halogens is 2. The summed E-state index contributed by atoms with van der Waals surface area (Å²) in [6, 6.07) is 1.27. The summed E-state index contributed by atoms with van der Waals surface area (Å²) in [6.45, 7) is 3.11. The maximum atomic E-state index is 13.8. The van der Waals surface area contributed by atoms with Crippen molar-refractivity contribution in [1.29, 1.82) is 0 Å². The lowest BCUT2D eigenvalue weighted by Crippen LogP contribution is -2.31. The molecule has 0 amide bonds. The van der Waals surface area contributed by atoms with Crippen molar-refractivity contribution in [3.63, 3.8) is 0 Å². The first-order valence-corrected chi connectivity index (χ1v) is 6.76. The van der Waals surface area contributed by atoms with Crippen LogP contribution < -0.4 is 4.72 Å². The van der Waals surface area contributed by atoms with Crippen LogP contribution in [0.15, 0.2) is 17.0 Å². The van der Waals surface area contributed by atoms with Gasteiger partial charge in [-0.25, -0.2) is 22.3 Å². The van der Waals surface area contributed by atoms with Crippen molar-refractivity contribution in [3.8, 4) is 0 Å². The topological polar surface area (TPSA) is 83.5 Å². The largest absolute Gasteiger partial charge is 0.478 e. The molecule has 0 heterocycles. The van der Waals surface area contributed by atoms with Gasteiger partial charge in [-0.2, -0.15) is 0 Å². The van der Waals surface area contributed by atoms with Gasteiger partial charge in [0.15, 0.2) is 5.82 Å². The summed E-state index contributed by atoms with van der Waals surface area (Å²) in [5, 5.41) is 8.58. The molecular formula is C10H11ClFNO4S. The second-order valence-electron chi connectivity index (χ2n) is 3.85. The summed E-state index contributed by atoms with van der Waals surface area (Å²) in [6.07, 6.45) is 0. The maximum absolute atomic E-state index is 13.8.